The fourth-order valence-corrected chi connectivity index (χ4v) is 3.59. The molecule has 1 aromatic carbocycles. The number of carbonyl (C=O) groups excluding carboxylic acids is 3. The molecule has 0 aliphatic carbocycles. The first kappa shape index (κ1) is 21.5. The number of ether oxygens (including phenoxy) is 1. The van der Waals surface area contributed by atoms with E-state index >= 15 is 0 Å². The summed E-state index contributed by atoms with van der Waals surface area (Å²) in [7, 11) is 0. The molecule has 30 heavy (non-hydrogen) atoms. The molecular weight excluding hydrogens is 384 g/mol. The van der Waals surface area contributed by atoms with Crippen molar-refractivity contribution >= 4 is 29.1 Å². The Morgan fingerprint density at radius 3 is 2.50 bits per heavy atom. The molecule has 3 rings (SSSR count). The van der Waals surface area contributed by atoms with Gasteiger partial charge in [0, 0.05) is 13.1 Å². The molecule has 0 unspecified atom stereocenters. The van der Waals surface area contributed by atoms with Gasteiger partial charge in [-0.1, -0.05) is 36.4 Å². The summed E-state index contributed by atoms with van der Waals surface area (Å²) in [5.74, 6) is -1.11. The lowest BCUT2D eigenvalue weighted by Gasteiger charge is -2.25. The number of esters is 1. The van der Waals surface area contributed by atoms with Gasteiger partial charge in [-0.2, -0.15) is 0 Å². The lowest BCUT2D eigenvalue weighted by molar-refractivity contribution is -0.117. The zero-order valence-electron chi connectivity index (χ0n) is 17.5. The highest BCUT2D eigenvalue weighted by Crippen LogP contribution is 2.29. The quantitative estimate of drug-likeness (QED) is 0.553. The van der Waals surface area contributed by atoms with Gasteiger partial charge in [-0.3, -0.25) is 19.8 Å². The van der Waals surface area contributed by atoms with E-state index in [1.54, 1.807) is 13.8 Å². The van der Waals surface area contributed by atoms with Crippen LogP contribution in [0.5, 0.6) is 0 Å². The summed E-state index contributed by atoms with van der Waals surface area (Å²) < 4.78 is 10.6. The molecule has 0 saturated carbocycles. The van der Waals surface area contributed by atoms with Crippen LogP contribution in [0.3, 0.4) is 0 Å². The maximum absolute atomic E-state index is 12.6. The Morgan fingerprint density at radius 2 is 1.90 bits per heavy atom. The number of ketones is 1. The average molecular weight is 410 g/mol. The van der Waals surface area contributed by atoms with Gasteiger partial charge in [-0.25, -0.2) is 4.79 Å². The predicted octanol–water partition coefficient (Wildman–Crippen LogP) is 3.70. The predicted molar refractivity (Wildman–Crippen MR) is 114 cm³/mol. The Labute approximate surface area is 175 Å². The molecule has 0 bridgehead atoms. The second kappa shape index (κ2) is 9.54. The van der Waals surface area contributed by atoms with E-state index < -0.39 is 5.97 Å². The van der Waals surface area contributed by atoms with Crippen LogP contribution in [0.2, 0.25) is 0 Å². The monoisotopic (exact) mass is 410 g/mol. The number of nitrogens with zero attached hydrogens (tertiary/aromatic N) is 1. The van der Waals surface area contributed by atoms with Gasteiger partial charge in [0.2, 0.25) is 11.8 Å². The number of benzene rings is 1. The number of hydrogen-bond acceptors (Lipinski definition) is 6. The molecule has 0 spiro atoms. The van der Waals surface area contributed by atoms with E-state index in [2.05, 4.69) is 23.5 Å². The van der Waals surface area contributed by atoms with E-state index in [4.69, 9.17) is 9.15 Å². The zero-order valence-corrected chi connectivity index (χ0v) is 17.5. The van der Waals surface area contributed by atoms with Crippen LogP contribution in [-0.2, 0) is 9.53 Å². The molecule has 158 valence electrons. The summed E-state index contributed by atoms with van der Waals surface area (Å²) in [6.07, 6.45) is 2.97. The van der Waals surface area contributed by atoms with E-state index in [0.29, 0.717) is 6.54 Å². The van der Waals surface area contributed by atoms with E-state index in [1.807, 2.05) is 23.1 Å². The van der Waals surface area contributed by atoms with Crippen molar-refractivity contribution in [1.29, 1.82) is 0 Å². The highest BCUT2D eigenvalue weighted by molar-refractivity contribution is 6.10. The highest BCUT2D eigenvalue weighted by atomic mass is 16.5. The number of furan rings is 1. The molecule has 7 heteroatoms. The fourth-order valence-electron chi connectivity index (χ4n) is 3.59. The Morgan fingerprint density at radius 1 is 1.17 bits per heavy atom. The molecular formula is C23H26N2O5. The Kier molecular flexibility index (Phi) is 6.84. The summed E-state index contributed by atoms with van der Waals surface area (Å²) in [5.41, 5.74) is 2.57. The third-order valence-corrected chi connectivity index (χ3v) is 4.97. The molecule has 0 fully saturated rings. The van der Waals surface area contributed by atoms with Gasteiger partial charge >= 0.3 is 5.97 Å². The lowest BCUT2D eigenvalue weighted by Crippen LogP contribution is -2.36. The smallest absolute Gasteiger partial charge is 0.344 e. The van der Waals surface area contributed by atoms with Gasteiger partial charge in [0.15, 0.2) is 5.78 Å². The van der Waals surface area contributed by atoms with Gasteiger partial charge in [0.1, 0.15) is 11.3 Å². The van der Waals surface area contributed by atoms with Crippen LogP contribution in [0.4, 0.5) is 5.88 Å². The lowest BCUT2D eigenvalue weighted by atomic mass is 10.00. The molecule has 1 aliphatic heterocycles. The molecule has 1 N–H and O–H groups in total. The first-order chi connectivity index (χ1) is 14.4. The SMILES string of the molecule is CCOC(=O)c1c(NC(=O)CN2CC=C(c3ccccc3)CC2)oc(C)c1C(C)=O. The second-order valence-electron chi connectivity index (χ2n) is 7.14. The minimum atomic E-state index is -0.691. The average Bonchev–Trinajstić information content (AvgIpc) is 3.05. The summed E-state index contributed by atoms with van der Waals surface area (Å²) in [5, 5.41) is 2.64. The van der Waals surface area contributed by atoms with Gasteiger partial charge in [0.25, 0.3) is 0 Å². The highest BCUT2D eigenvalue weighted by Gasteiger charge is 2.29. The van der Waals surface area contributed by atoms with E-state index in [1.165, 1.54) is 18.1 Å². The van der Waals surface area contributed by atoms with Crippen LogP contribution in [0.25, 0.3) is 5.57 Å². The third-order valence-electron chi connectivity index (χ3n) is 4.97. The van der Waals surface area contributed by atoms with E-state index in [-0.39, 0.29) is 47.6 Å². The first-order valence-electron chi connectivity index (χ1n) is 9.98. The molecule has 2 aromatic rings. The van der Waals surface area contributed by atoms with E-state index in [9.17, 15) is 14.4 Å². The number of amides is 1. The number of hydrogen-bond donors (Lipinski definition) is 1. The van der Waals surface area contributed by atoms with Crippen molar-refractivity contribution < 1.29 is 23.5 Å². The van der Waals surface area contributed by atoms with Crippen molar-refractivity contribution in [3.8, 4) is 0 Å². The second-order valence-corrected chi connectivity index (χ2v) is 7.14. The summed E-state index contributed by atoms with van der Waals surface area (Å²) >= 11 is 0. The number of rotatable bonds is 7. The number of aryl methyl sites for hydroxylation is 1. The molecule has 0 atom stereocenters. The standard InChI is InChI=1S/C23H26N2O5/c1-4-29-23(28)21-20(15(2)26)16(3)30-22(21)24-19(27)14-25-12-10-18(11-13-25)17-8-6-5-7-9-17/h5-10H,4,11-14H2,1-3H3,(H,24,27). The maximum atomic E-state index is 12.6. The number of nitrogens with one attached hydrogen (secondary N) is 1. The van der Waals surface area contributed by atoms with Gasteiger partial charge in [-0.05, 0) is 38.3 Å². The number of Topliss-reactive ketones (excluding diaryl/α,β-unsaturated/α-hetero) is 1. The van der Waals surface area contributed by atoms with Crippen LogP contribution in [0, 0.1) is 6.92 Å². The van der Waals surface area contributed by atoms with Crippen molar-refractivity contribution in [3.05, 3.63) is 58.9 Å². The summed E-state index contributed by atoms with van der Waals surface area (Å²) in [6.45, 7) is 6.29. The fraction of sp³-hybridized carbons (Fsp3) is 0.348. The number of carbonyl (C=O) groups is 3. The molecule has 7 nitrogen and oxygen atoms in total. The maximum Gasteiger partial charge on any atom is 0.344 e. The Balaban J connectivity index is 1.68. The molecule has 2 heterocycles. The summed E-state index contributed by atoms with van der Waals surface area (Å²) in [4.78, 5) is 38.9. The van der Waals surface area contributed by atoms with Crippen molar-refractivity contribution in [1.82, 2.24) is 4.90 Å². The van der Waals surface area contributed by atoms with Crippen molar-refractivity contribution in [2.45, 2.75) is 27.2 Å². The number of anilines is 1. The normalized spacial score (nSPS) is 14.2. The molecule has 0 radical (unpaired) electrons. The van der Waals surface area contributed by atoms with Crippen LogP contribution < -0.4 is 5.32 Å². The van der Waals surface area contributed by atoms with Gasteiger partial charge in [0.05, 0.1) is 18.7 Å². The van der Waals surface area contributed by atoms with Crippen LogP contribution in [-0.4, -0.2) is 48.8 Å². The van der Waals surface area contributed by atoms with Crippen LogP contribution in [0.15, 0.2) is 40.8 Å². The van der Waals surface area contributed by atoms with Crippen molar-refractivity contribution in [2.24, 2.45) is 0 Å². The van der Waals surface area contributed by atoms with Crippen LogP contribution >= 0.6 is 0 Å². The van der Waals surface area contributed by atoms with Crippen LogP contribution in [0.1, 0.15) is 52.3 Å². The third kappa shape index (κ3) is 4.86. The minimum Gasteiger partial charge on any atom is -0.462 e. The molecule has 1 aromatic heterocycles. The van der Waals surface area contributed by atoms with Gasteiger partial charge < -0.3 is 9.15 Å². The van der Waals surface area contributed by atoms with Gasteiger partial charge in [-0.15, -0.1) is 0 Å². The molecule has 0 saturated heterocycles. The first-order valence-corrected chi connectivity index (χ1v) is 9.98. The van der Waals surface area contributed by atoms with E-state index in [0.717, 1.165) is 13.0 Å². The largest absolute Gasteiger partial charge is 0.462 e. The summed E-state index contributed by atoms with van der Waals surface area (Å²) in [6, 6.07) is 10.2. The van der Waals surface area contributed by atoms with Crippen molar-refractivity contribution in [3.63, 3.8) is 0 Å². The molecule has 1 amide bonds. The van der Waals surface area contributed by atoms with Crippen molar-refractivity contribution in [2.75, 3.05) is 31.6 Å². The zero-order chi connectivity index (χ0) is 21.7. The Bertz CT molecular complexity index is 975. The topological polar surface area (TPSA) is 88.8 Å². The minimum absolute atomic E-state index is 0.0277. The Hall–Kier alpha value is -3.19. The molecule has 1 aliphatic rings.